The molecule has 2 rings (SSSR count). The Morgan fingerprint density at radius 1 is 1.40 bits per heavy atom. The third-order valence-corrected chi connectivity index (χ3v) is 3.63. The van der Waals surface area contributed by atoms with Crippen LogP contribution in [0, 0.1) is 0 Å². The number of hydrogen-bond acceptors (Lipinski definition) is 2. The molecule has 6 heteroatoms. The Balaban J connectivity index is 2.90. The summed E-state index contributed by atoms with van der Waals surface area (Å²) >= 11 is 1.06. The summed E-state index contributed by atoms with van der Waals surface area (Å²) in [6.07, 6.45) is 1.53. The van der Waals surface area contributed by atoms with Gasteiger partial charge in [-0.2, -0.15) is 0 Å². The van der Waals surface area contributed by atoms with E-state index in [0.717, 1.165) is 0 Å². The van der Waals surface area contributed by atoms with Gasteiger partial charge in [-0.1, -0.05) is 0 Å². The molecular weight excluding hydrogens is 282 g/mol. The molecule has 2 N–H and O–H groups in total. The third-order valence-electron chi connectivity index (χ3n) is 2.00. The van der Waals surface area contributed by atoms with Gasteiger partial charge < -0.3 is 9.54 Å². The van der Waals surface area contributed by atoms with Gasteiger partial charge >= 0.3 is 0 Å². The Bertz CT molecular complexity index is 608. The van der Waals surface area contributed by atoms with E-state index in [0.29, 0.717) is 15.4 Å². The van der Waals surface area contributed by atoms with Crippen LogP contribution in [0.2, 0.25) is 0 Å². The summed E-state index contributed by atoms with van der Waals surface area (Å²) in [5.74, 6) is 0. The second-order valence-corrected chi connectivity index (χ2v) is 4.71. The van der Waals surface area contributed by atoms with Gasteiger partial charge in [0, 0.05) is 22.1 Å². The molecular formula is C9H6BrNO3S. The zero-order chi connectivity index (χ0) is 11.0. The monoisotopic (exact) mass is 287 g/mol. The highest BCUT2D eigenvalue weighted by molar-refractivity contribution is 9.10. The van der Waals surface area contributed by atoms with Crippen molar-refractivity contribution in [3.05, 3.63) is 39.1 Å². The van der Waals surface area contributed by atoms with E-state index in [1.807, 2.05) is 0 Å². The Morgan fingerprint density at radius 2 is 2.13 bits per heavy atom. The number of hydrogen-bond donors (Lipinski definition) is 2. The second-order valence-electron chi connectivity index (χ2n) is 2.92. The molecule has 0 aliphatic carbocycles. The number of benzene rings is 1. The quantitative estimate of drug-likeness (QED) is 0.787. The first-order valence-corrected chi connectivity index (χ1v) is 5.91. The van der Waals surface area contributed by atoms with E-state index in [1.54, 1.807) is 6.07 Å². The number of fused-ring (bicyclic) bond motifs is 1. The van der Waals surface area contributed by atoms with Crippen molar-refractivity contribution >= 4 is 37.9 Å². The zero-order valence-corrected chi connectivity index (χ0v) is 9.76. The van der Waals surface area contributed by atoms with Crippen LogP contribution < -0.4 is 5.43 Å². The van der Waals surface area contributed by atoms with E-state index >= 15 is 0 Å². The lowest BCUT2D eigenvalue weighted by molar-refractivity contribution is 0.564. The molecule has 4 nitrogen and oxygen atoms in total. The fraction of sp³-hybridized carbons (Fsp3) is 0. The Labute approximate surface area is 95.7 Å². The van der Waals surface area contributed by atoms with E-state index < -0.39 is 11.1 Å². The predicted molar refractivity (Wildman–Crippen MR) is 61.3 cm³/mol. The van der Waals surface area contributed by atoms with Gasteiger partial charge in [-0.15, -0.1) is 0 Å². The molecule has 0 spiro atoms. The number of H-pyrrole nitrogens is 1. The number of halogens is 1. The van der Waals surface area contributed by atoms with Gasteiger partial charge in [-0.05, 0) is 28.1 Å². The Kier molecular flexibility index (Phi) is 2.72. The maximum absolute atomic E-state index is 11.4. The topological polar surface area (TPSA) is 70.2 Å². The van der Waals surface area contributed by atoms with Crippen molar-refractivity contribution in [1.82, 2.24) is 4.98 Å². The zero-order valence-electron chi connectivity index (χ0n) is 7.36. The molecule has 1 unspecified atom stereocenters. The van der Waals surface area contributed by atoms with Crippen molar-refractivity contribution in [1.29, 1.82) is 0 Å². The number of rotatable bonds is 1. The van der Waals surface area contributed by atoms with E-state index in [-0.39, 0.29) is 10.3 Å². The van der Waals surface area contributed by atoms with Crippen molar-refractivity contribution in [2.75, 3.05) is 0 Å². The fourth-order valence-corrected chi connectivity index (χ4v) is 2.51. The summed E-state index contributed by atoms with van der Waals surface area (Å²) in [6, 6.07) is 4.40. The first-order valence-electron chi connectivity index (χ1n) is 4.01. The van der Waals surface area contributed by atoms with Gasteiger partial charge in [0.15, 0.2) is 16.5 Å². The highest BCUT2D eigenvalue weighted by Gasteiger charge is 2.09. The minimum absolute atomic E-state index is 0.178. The molecule has 78 valence electrons. The first-order chi connectivity index (χ1) is 7.09. The average Bonchev–Trinajstić information content (AvgIpc) is 2.16. The summed E-state index contributed by atoms with van der Waals surface area (Å²) in [5.41, 5.74) is 0.450. The molecule has 0 aliphatic heterocycles. The van der Waals surface area contributed by atoms with Crippen molar-refractivity contribution in [2.24, 2.45) is 0 Å². The number of aromatic amines is 1. The van der Waals surface area contributed by atoms with Crippen molar-refractivity contribution < 1.29 is 8.76 Å². The van der Waals surface area contributed by atoms with Gasteiger partial charge in [-0.25, -0.2) is 4.21 Å². The standard InChI is InChI=1S/C9H6BrNO3S/c10-6-4-7-5(3-9(6)15(13)14)8(12)1-2-11-7/h1-4H,(H,11,12)(H,13,14). The molecule has 2 aromatic rings. The van der Waals surface area contributed by atoms with Crippen LogP contribution in [-0.4, -0.2) is 13.7 Å². The van der Waals surface area contributed by atoms with Gasteiger partial charge in [-0.3, -0.25) is 4.79 Å². The van der Waals surface area contributed by atoms with Gasteiger partial charge in [0.2, 0.25) is 0 Å². The van der Waals surface area contributed by atoms with Gasteiger partial charge in [0.05, 0.1) is 10.4 Å². The maximum Gasteiger partial charge on any atom is 0.189 e. The van der Waals surface area contributed by atoms with Crippen LogP contribution in [0.1, 0.15) is 0 Å². The van der Waals surface area contributed by atoms with Crippen LogP contribution in [0.15, 0.2) is 38.6 Å². The minimum atomic E-state index is -2.10. The molecule has 0 saturated carbocycles. The van der Waals surface area contributed by atoms with Crippen molar-refractivity contribution in [3.8, 4) is 0 Å². The molecule has 0 saturated heterocycles. The smallest absolute Gasteiger partial charge is 0.189 e. The summed E-state index contributed by atoms with van der Waals surface area (Å²) in [4.78, 5) is 14.5. The van der Waals surface area contributed by atoms with Crippen LogP contribution in [0.5, 0.6) is 0 Å². The normalized spacial score (nSPS) is 12.9. The SMILES string of the molecule is O=c1cc[nH]c2cc(Br)c(S(=O)O)cc12. The molecule has 15 heavy (non-hydrogen) atoms. The average molecular weight is 288 g/mol. The Hall–Kier alpha value is -0.980. The summed E-state index contributed by atoms with van der Waals surface area (Å²) < 4.78 is 20.4. The lowest BCUT2D eigenvalue weighted by Gasteiger charge is -2.02. The van der Waals surface area contributed by atoms with E-state index in [1.165, 1.54) is 18.3 Å². The molecule has 1 atom stereocenters. The highest BCUT2D eigenvalue weighted by Crippen LogP contribution is 2.23. The molecule has 0 radical (unpaired) electrons. The maximum atomic E-state index is 11.4. The Morgan fingerprint density at radius 3 is 2.80 bits per heavy atom. The van der Waals surface area contributed by atoms with Crippen LogP contribution in [0.3, 0.4) is 0 Å². The predicted octanol–water partition coefficient (Wildman–Crippen LogP) is 1.87. The minimum Gasteiger partial charge on any atom is -0.361 e. The lowest BCUT2D eigenvalue weighted by atomic mass is 10.2. The molecule has 1 aromatic heterocycles. The van der Waals surface area contributed by atoms with Gasteiger partial charge in [0.25, 0.3) is 0 Å². The van der Waals surface area contributed by atoms with Gasteiger partial charge in [0.1, 0.15) is 0 Å². The van der Waals surface area contributed by atoms with Crippen LogP contribution >= 0.6 is 15.9 Å². The summed E-state index contributed by atoms with van der Waals surface area (Å²) in [6.45, 7) is 0. The second kappa shape index (κ2) is 3.88. The molecule has 0 aliphatic rings. The molecule has 1 aromatic carbocycles. The highest BCUT2D eigenvalue weighted by atomic mass is 79.9. The van der Waals surface area contributed by atoms with Crippen LogP contribution in [0.25, 0.3) is 10.9 Å². The number of aromatic nitrogens is 1. The van der Waals surface area contributed by atoms with E-state index in [9.17, 15) is 9.00 Å². The largest absolute Gasteiger partial charge is 0.361 e. The van der Waals surface area contributed by atoms with E-state index in [2.05, 4.69) is 20.9 Å². The summed E-state index contributed by atoms with van der Waals surface area (Å²) in [7, 11) is 0. The van der Waals surface area contributed by atoms with Crippen LogP contribution in [0.4, 0.5) is 0 Å². The third kappa shape index (κ3) is 1.88. The molecule has 0 fully saturated rings. The summed E-state index contributed by atoms with van der Waals surface area (Å²) in [5, 5.41) is 0.401. The van der Waals surface area contributed by atoms with Crippen LogP contribution in [-0.2, 0) is 11.1 Å². The molecule has 0 bridgehead atoms. The first kappa shape index (κ1) is 10.5. The van der Waals surface area contributed by atoms with E-state index in [4.69, 9.17) is 4.55 Å². The van der Waals surface area contributed by atoms with Crippen molar-refractivity contribution in [3.63, 3.8) is 0 Å². The molecule has 1 heterocycles. The fourth-order valence-electron chi connectivity index (χ4n) is 1.31. The van der Waals surface area contributed by atoms with Crippen molar-refractivity contribution in [2.45, 2.75) is 4.90 Å². The number of nitrogens with one attached hydrogen (secondary N) is 1. The molecule has 0 amide bonds. The lowest BCUT2D eigenvalue weighted by Crippen LogP contribution is -2.02. The number of pyridine rings is 1.